The van der Waals surface area contributed by atoms with Gasteiger partial charge in [-0.25, -0.2) is 13.5 Å². The molecule has 0 bridgehead atoms. The van der Waals surface area contributed by atoms with Gasteiger partial charge in [-0.2, -0.15) is 12.7 Å². The van der Waals surface area contributed by atoms with Crippen molar-refractivity contribution < 1.29 is 31.6 Å². The minimum Gasteiger partial charge on any atom is -0.344 e. The van der Waals surface area contributed by atoms with Crippen LogP contribution in [0.25, 0.3) is 0 Å². The Morgan fingerprint density at radius 1 is 1.25 bits per heavy atom. The number of halogens is 2. The molecule has 3 amide bonds. The number of likely N-dealkylation sites (tertiary alicyclic amines) is 1. The van der Waals surface area contributed by atoms with Crippen LogP contribution in [0.15, 0.2) is 18.2 Å². The van der Waals surface area contributed by atoms with Crippen LogP contribution in [0.3, 0.4) is 0 Å². The van der Waals surface area contributed by atoms with E-state index < -0.39 is 51.7 Å². The molecule has 1 aliphatic rings. The molecule has 1 heterocycles. The molecule has 1 aliphatic heterocycles. The van der Waals surface area contributed by atoms with Crippen molar-refractivity contribution in [2.45, 2.75) is 51.7 Å². The predicted molar refractivity (Wildman–Crippen MR) is 112 cm³/mol. The average molecular weight is 475 g/mol. The Morgan fingerprint density at radius 2 is 1.91 bits per heavy atom. The first-order chi connectivity index (χ1) is 14.8. The van der Waals surface area contributed by atoms with Gasteiger partial charge in [0.25, 0.3) is 5.91 Å². The molecule has 2 atom stereocenters. The Hall–Kier alpha value is -2.60. The summed E-state index contributed by atoms with van der Waals surface area (Å²) in [5.74, 6) is -4.23. The van der Waals surface area contributed by atoms with Crippen molar-refractivity contribution in [1.29, 1.82) is 0 Å². The van der Waals surface area contributed by atoms with Gasteiger partial charge in [0.15, 0.2) is 11.6 Å². The molecule has 1 aromatic rings. The van der Waals surface area contributed by atoms with Crippen molar-refractivity contribution in [2.75, 3.05) is 14.1 Å². The second-order valence-corrected chi connectivity index (χ2v) is 10.1. The maximum absolute atomic E-state index is 14.0. The third-order valence-electron chi connectivity index (χ3n) is 5.22. The topological polar surface area (TPSA) is 116 Å². The lowest BCUT2D eigenvalue weighted by Crippen LogP contribution is -2.53. The largest absolute Gasteiger partial charge is 0.344 e. The summed E-state index contributed by atoms with van der Waals surface area (Å²) < 4.78 is 54.1. The fourth-order valence-electron chi connectivity index (χ4n) is 3.34. The van der Waals surface area contributed by atoms with Crippen LogP contribution >= 0.6 is 0 Å². The van der Waals surface area contributed by atoms with Gasteiger partial charge in [0.05, 0.1) is 0 Å². The number of hydrogen-bond acceptors (Lipinski definition) is 5. The van der Waals surface area contributed by atoms with E-state index in [1.807, 2.05) is 4.72 Å². The van der Waals surface area contributed by atoms with Crippen molar-refractivity contribution in [2.24, 2.45) is 5.92 Å². The van der Waals surface area contributed by atoms with Gasteiger partial charge in [0.2, 0.25) is 11.8 Å². The quantitative estimate of drug-likeness (QED) is 0.552. The van der Waals surface area contributed by atoms with Gasteiger partial charge in [0, 0.05) is 45.1 Å². The number of nitrogens with zero attached hydrogens (tertiary/aromatic N) is 2. The van der Waals surface area contributed by atoms with Crippen LogP contribution < -0.4 is 10.0 Å². The number of carbonyl (C=O) groups is 3. The summed E-state index contributed by atoms with van der Waals surface area (Å²) >= 11 is 0. The van der Waals surface area contributed by atoms with E-state index >= 15 is 0 Å². The van der Waals surface area contributed by atoms with Gasteiger partial charge in [-0.05, 0) is 18.4 Å². The van der Waals surface area contributed by atoms with Crippen LogP contribution in [0.1, 0.15) is 38.7 Å². The van der Waals surface area contributed by atoms with Crippen LogP contribution in [-0.2, 0) is 31.1 Å². The normalized spacial score (nSPS) is 17.7. The summed E-state index contributed by atoms with van der Waals surface area (Å²) in [6.45, 7) is 3.10. The molecule has 32 heavy (non-hydrogen) atoms. The van der Waals surface area contributed by atoms with E-state index in [4.69, 9.17) is 0 Å². The van der Waals surface area contributed by atoms with Crippen LogP contribution in [0.5, 0.6) is 0 Å². The number of benzene rings is 1. The number of rotatable bonds is 9. The van der Waals surface area contributed by atoms with E-state index in [0.717, 1.165) is 10.4 Å². The van der Waals surface area contributed by atoms with Crippen molar-refractivity contribution in [3.8, 4) is 0 Å². The van der Waals surface area contributed by atoms with Gasteiger partial charge in [-0.3, -0.25) is 14.4 Å². The molecule has 9 nitrogen and oxygen atoms in total. The summed E-state index contributed by atoms with van der Waals surface area (Å²) in [7, 11) is -1.52. The minimum absolute atomic E-state index is 0.000940. The molecule has 1 aromatic carbocycles. The summed E-state index contributed by atoms with van der Waals surface area (Å²) in [4.78, 5) is 38.6. The lowest BCUT2D eigenvalue weighted by atomic mass is 10.0. The molecule has 0 unspecified atom stereocenters. The molecule has 2 rings (SSSR count). The Bertz CT molecular complexity index is 984. The first kappa shape index (κ1) is 25.7. The minimum atomic E-state index is -4.03. The standard InChI is InChI=1S/C20H28F2N4O5S/c1-12(2)19(20(29)24-32(30,31)25(3)4)23-16(27)10-14-8-9-17(28)26(14)11-13-6-5-7-15(21)18(13)22/h5-7,12,14,19H,8-11H2,1-4H3,(H,23,27)(H,24,29)/t14-,19-/m0/s1. The molecule has 0 aliphatic carbocycles. The molecular weight excluding hydrogens is 446 g/mol. The van der Waals surface area contributed by atoms with Crippen LogP contribution in [0, 0.1) is 17.6 Å². The van der Waals surface area contributed by atoms with Gasteiger partial charge >= 0.3 is 10.2 Å². The van der Waals surface area contributed by atoms with E-state index in [-0.39, 0.29) is 30.9 Å². The lowest BCUT2D eigenvalue weighted by Gasteiger charge is -2.27. The van der Waals surface area contributed by atoms with Gasteiger partial charge in [-0.15, -0.1) is 0 Å². The zero-order valence-electron chi connectivity index (χ0n) is 18.4. The summed E-state index contributed by atoms with van der Waals surface area (Å²) in [5, 5.41) is 2.52. The number of carbonyl (C=O) groups excluding carboxylic acids is 3. The maximum atomic E-state index is 14.0. The molecule has 0 radical (unpaired) electrons. The highest BCUT2D eigenvalue weighted by Gasteiger charge is 2.35. The molecule has 0 saturated carbocycles. The highest BCUT2D eigenvalue weighted by Crippen LogP contribution is 2.25. The van der Waals surface area contributed by atoms with Gasteiger partial charge in [0.1, 0.15) is 6.04 Å². The fraction of sp³-hybridized carbons (Fsp3) is 0.550. The third-order valence-corrected chi connectivity index (χ3v) is 6.64. The Labute approximate surface area is 186 Å². The van der Waals surface area contributed by atoms with E-state index in [1.54, 1.807) is 13.8 Å². The molecule has 1 fully saturated rings. The van der Waals surface area contributed by atoms with Gasteiger partial charge in [-0.1, -0.05) is 26.0 Å². The second kappa shape index (κ2) is 10.3. The lowest BCUT2D eigenvalue weighted by molar-refractivity contribution is -0.132. The highest BCUT2D eigenvalue weighted by molar-refractivity contribution is 7.87. The van der Waals surface area contributed by atoms with Crippen LogP contribution in [0.4, 0.5) is 8.78 Å². The van der Waals surface area contributed by atoms with Crippen molar-refractivity contribution in [3.63, 3.8) is 0 Å². The number of hydrogen-bond donors (Lipinski definition) is 2. The van der Waals surface area contributed by atoms with Gasteiger partial charge < -0.3 is 10.2 Å². The molecule has 12 heteroatoms. The van der Waals surface area contributed by atoms with E-state index in [0.29, 0.717) is 6.42 Å². The monoisotopic (exact) mass is 474 g/mol. The molecule has 2 N–H and O–H groups in total. The third kappa shape index (κ3) is 6.22. The summed E-state index contributed by atoms with van der Waals surface area (Å²) in [6, 6.07) is 1.99. The Morgan fingerprint density at radius 3 is 2.50 bits per heavy atom. The highest BCUT2D eigenvalue weighted by atomic mass is 32.2. The predicted octanol–water partition coefficient (Wildman–Crippen LogP) is 0.909. The SMILES string of the molecule is CC(C)[C@H](NC(=O)C[C@@H]1CCC(=O)N1Cc1cccc(F)c1F)C(=O)NS(=O)(=O)N(C)C. The molecular formula is C20H28F2N4O5S. The molecule has 178 valence electrons. The van der Waals surface area contributed by atoms with E-state index in [9.17, 15) is 31.6 Å². The number of amides is 3. The molecule has 1 saturated heterocycles. The summed E-state index contributed by atoms with van der Waals surface area (Å²) in [5.41, 5.74) is -0.000940. The van der Waals surface area contributed by atoms with Crippen molar-refractivity contribution in [1.82, 2.24) is 19.2 Å². The first-order valence-corrected chi connectivity index (χ1v) is 11.5. The smallest absolute Gasteiger partial charge is 0.303 e. The first-order valence-electron chi connectivity index (χ1n) is 10.1. The van der Waals surface area contributed by atoms with Crippen molar-refractivity contribution >= 4 is 27.9 Å². The zero-order valence-corrected chi connectivity index (χ0v) is 19.2. The zero-order chi connectivity index (χ0) is 24.2. The van der Waals surface area contributed by atoms with E-state index in [2.05, 4.69) is 5.32 Å². The second-order valence-electron chi connectivity index (χ2n) is 8.17. The average Bonchev–Trinajstić information content (AvgIpc) is 3.02. The van der Waals surface area contributed by atoms with Crippen molar-refractivity contribution in [3.05, 3.63) is 35.4 Å². The van der Waals surface area contributed by atoms with E-state index in [1.165, 1.54) is 31.1 Å². The van der Waals surface area contributed by atoms with Crippen LogP contribution in [0.2, 0.25) is 0 Å². The summed E-state index contributed by atoms with van der Waals surface area (Å²) in [6.07, 6.45) is 0.334. The fourth-order valence-corrected chi connectivity index (χ4v) is 3.90. The molecule has 0 aromatic heterocycles. The Kier molecular flexibility index (Phi) is 8.29. The maximum Gasteiger partial charge on any atom is 0.303 e. The number of nitrogens with one attached hydrogen (secondary N) is 2. The van der Waals surface area contributed by atoms with Crippen LogP contribution in [-0.4, -0.2) is 61.5 Å². The Balaban J connectivity index is 2.07. The molecule has 0 spiro atoms.